The highest BCUT2D eigenvalue weighted by Crippen LogP contribution is 1.74. The van der Waals surface area contributed by atoms with Gasteiger partial charge in [0.1, 0.15) is 6.26 Å². The van der Waals surface area contributed by atoms with Gasteiger partial charge < -0.3 is 4.74 Å². The van der Waals surface area contributed by atoms with E-state index in [0.29, 0.717) is 0 Å². The van der Waals surface area contributed by atoms with E-state index in [1.54, 1.807) is 13.0 Å². The molecule has 0 heterocycles. The zero-order chi connectivity index (χ0) is 6.41. The van der Waals surface area contributed by atoms with Crippen molar-refractivity contribution in [2.75, 3.05) is 0 Å². The first-order valence-electron chi connectivity index (χ1n) is 2.30. The highest BCUT2D eigenvalue weighted by Gasteiger charge is 1.80. The lowest BCUT2D eigenvalue weighted by molar-refractivity contribution is -0.135. The fraction of sp³-hybridized carbons (Fsp3) is 0.333. The minimum absolute atomic E-state index is 0. The van der Waals surface area contributed by atoms with Crippen molar-refractivity contribution in [2.24, 2.45) is 0 Å². The van der Waals surface area contributed by atoms with Crippen LogP contribution in [-0.2, 0) is 9.53 Å². The van der Waals surface area contributed by atoms with E-state index in [1.807, 2.05) is 0 Å². The van der Waals surface area contributed by atoms with Crippen LogP contribution < -0.4 is 0 Å². The summed E-state index contributed by atoms with van der Waals surface area (Å²) in [5, 5.41) is 0. The Morgan fingerprint density at radius 3 is 2.56 bits per heavy atom. The van der Waals surface area contributed by atoms with Crippen molar-refractivity contribution in [2.45, 2.75) is 13.8 Å². The molecule has 0 radical (unpaired) electrons. The van der Waals surface area contributed by atoms with Crippen molar-refractivity contribution in [3.63, 3.8) is 0 Å². The van der Waals surface area contributed by atoms with Gasteiger partial charge in [-0.1, -0.05) is 5.73 Å². The van der Waals surface area contributed by atoms with Crippen LogP contribution in [0, 0.1) is 0 Å². The molecule has 0 saturated carbocycles. The van der Waals surface area contributed by atoms with Crippen molar-refractivity contribution >= 4 is 23.3 Å². The van der Waals surface area contributed by atoms with Crippen LogP contribution in [0.3, 0.4) is 0 Å². The van der Waals surface area contributed by atoms with Crippen molar-refractivity contribution in [3.8, 4) is 0 Å². The second-order valence-electron chi connectivity index (χ2n) is 1.18. The van der Waals surface area contributed by atoms with Crippen molar-refractivity contribution in [1.29, 1.82) is 0 Å². The van der Waals surface area contributed by atoms with E-state index in [-0.39, 0.29) is 23.3 Å². The quantitative estimate of drug-likeness (QED) is 0.224. The maximum Gasteiger partial charge on any atom is 0.308 e. The van der Waals surface area contributed by atoms with Gasteiger partial charge in [-0.3, -0.25) is 4.79 Å². The predicted molar refractivity (Wildman–Crippen MR) is 40.0 cm³/mol. The van der Waals surface area contributed by atoms with E-state index in [9.17, 15) is 4.79 Å². The van der Waals surface area contributed by atoms with Gasteiger partial charge in [-0.25, -0.2) is 0 Å². The Bertz CT molecular complexity index is 134. The first-order valence-corrected chi connectivity index (χ1v) is 2.30. The van der Waals surface area contributed by atoms with Crippen LogP contribution >= 0.6 is 0 Å². The molecule has 0 N–H and O–H groups in total. The van der Waals surface area contributed by atoms with E-state index in [1.165, 1.54) is 13.2 Å². The van der Waals surface area contributed by atoms with Gasteiger partial charge in [-0.15, -0.1) is 0 Å². The maximum atomic E-state index is 10.0. The Kier molecular flexibility index (Phi) is 9.48. The lowest BCUT2D eigenvalue weighted by atomic mass is 10.7. The smallest absolute Gasteiger partial charge is 0.308 e. The molecule has 0 aromatic heterocycles. The number of esters is 1. The molecule has 2 nitrogen and oxygen atoms in total. The van der Waals surface area contributed by atoms with Crippen LogP contribution in [0.2, 0.25) is 0 Å². The summed E-state index contributed by atoms with van der Waals surface area (Å²) in [5.74, 6) is -0.320. The third kappa shape index (κ3) is 11.2. The molecule has 0 saturated heterocycles. The number of hydrogen-bond acceptors (Lipinski definition) is 2. The molecule has 9 heavy (non-hydrogen) atoms. The maximum absolute atomic E-state index is 10.0. The molecule has 0 aliphatic carbocycles. The van der Waals surface area contributed by atoms with Crippen LogP contribution in [0.25, 0.3) is 0 Å². The monoisotopic (exact) mass is 142 g/mol. The van der Waals surface area contributed by atoms with Crippen LogP contribution in [0.15, 0.2) is 18.1 Å². The Morgan fingerprint density at radius 1 is 1.67 bits per heavy atom. The summed E-state index contributed by atoms with van der Waals surface area (Å²) in [4.78, 5) is 10.0. The molecule has 0 aliphatic rings. The van der Waals surface area contributed by atoms with E-state index in [0.717, 1.165) is 0 Å². The van der Waals surface area contributed by atoms with Gasteiger partial charge in [0.25, 0.3) is 0 Å². The summed E-state index contributed by atoms with van der Waals surface area (Å²) in [6, 6.07) is 0. The van der Waals surface area contributed by atoms with Gasteiger partial charge in [0, 0.05) is 6.92 Å². The molecular weight excluding hydrogens is 131 g/mol. The standard InChI is InChI=1S/C6H8O2.Al.3H/c1-3-4-5-8-6(2)7;;;;/h3,5H,1-2H3;;;;. The first-order chi connectivity index (χ1) is 3.77. The number of allylic oxidation sites excluding steroid dienone is 1. The highest BCUT2D eigenvalue weighted by molar-refractivity contribution is 5.75. The summed E-state index contributed by atoms with van der Waals surface area (Å²) in [6.45, 7) is 3.13. The van der Waals surface area contributed by atoms with Crippen LogP contribution in [0.1, 0.15) is 13.8 Å². The minimum atomic E-state index is -0.320. The molecule has 0 aromatic rings. The molecule has 0 aromatic carbocycles. The predicted octanol–water partition coefficient (Wildman–Crippen LogP) is 0.0543. The minimum Gasteiger partial charge on any atom is -0.426 e. The Morgan fingerprint density at radius 2 is 2.22 bits per heavy atom. The molecule has 0 atom stereocenters. The molecule has 0 bridgehead atoms. The zero-order valence-electron chi connectivity index (χ0n) is 4.97. The number of carbonyl (C=O) groups excluding carboxylic acids is 1. The van der Waals surface area contributed by atoms with Crippen molar-refractivity contribution in [3.05, 3.63) is 18.1 Å². The SMILES string of the molecule is CC=C=COC(C)=O.[AlH3]. The van der Waals surface area contributed by atoms with Crippen LogP contribution in [-0.4, -0.2) is 23.3 Å². The molecular formula is C6H11AlO2. The van der Waals surface area contributed by atoms with Gasteiger partial charge in [0.05, 0.1) is 0 Å². The highest BCUT2D eigenvalue weighted by atomic mass is 27.0. The number of hydrogen-bond donors (Lipinski definition) is 0. The van der Waals surface area contributed by atoms with E-state index >= 15 is 0 Å². The Hall–Kier alpha value is -0.478. The van der Waals surface area contributed by atoms with E-state index < -0.39 is 0 Å². The summed E-state index contributed by atoms with van der Waals surface area (Å²) in [7, 11) is 0. The third-order valence-electron chi connectivity index (χ3n) is 0.460. The zero-order valence-corrected chi connectivity index (χ0v) is 4.97. The number of carbonyl (C=O) groups is 1. The second-order valence-corrected chi connectivity index (χ2v) is 1.18. The molecule has 50 valence electrons. The summed E-state index contributed by atoms with van der Waals surface area (Å²) >= 11 is 0. The van der Waals surface area contributed by atoms with Gasteiger partial charge >= 0.3 is 5.97 Å². The average molecular weight is 142 g/mol. The molecule has 0 fully saturated rings. The van der Waals surface area contributed by atoms with Crippen LogP contribution in [0.4, 0.5) is 0 Å². The molecule has 0 spiro atoms. The lowest BCUT2D eigenvalue weighted by Gasteiger charge is -1.83. The van der Waals surface area contributed by atoms with E-state index in [4.69, 9.17) is 0 Å². The summed E-state index contributed by atoms with van der Waals surface area (Å²) < 4.78 is 4.38. The van der Waals surface area contributed by atoms with Crippen molar-refractivity contribution in [1.82, 2.24) is 0 Å². The molecule has 0 rings (SSSR count). The topological polar surface area (TPSA) is 26.3 Å². The van der Waals surface area contributed by atoms with Gasteiger partial charge in [0.15, 0.2) is 17.4 Å². The molecule has 0 unspecified atom stereocenters. The molecule has 3 heteroatoms. The normalized spacial score (nSPS) is 6.00. The molecule has 0 aliphatic heterocycles. The third-order valence-corrected chi connectivity index (χ3v) is 0.460. The van der Waals surface area contributed by atoms with Gasteiger partial charge in [-0.05, 0) is 13.0 Å². The van der Waals surface area contributed by atoms with Gasteiger partial charge in [-0.2, -0.15) is 0 Å². The number of rotatable bonds is 1. The largest absolute Gasteiger partial charge is 0.426 e. The molecule has 0 amide bonds. The lowest BCUT2D eigenvalue weighted by Crippen LogP contribution is -1.87. The van der Waals surface area contributed by atoms with Gasteiger partial charge in [0.2, 0.25) is 0 Å². The Labute approximate surface area is 65.3 Å². The van der Waals surface area contributed by atoms with E-state index in [2.05, 4.69) is 10.5 Å². The fourth-order valence-corrected chi connectivity index (χ4v) is 0.185. The first kappa shape index (κ1) is 11.3. The second kappa shape index (κ2) is 7.52. The summed E-state index contributed by atoms with van der Waals surface area (Å²) in [6.07, 6.45) is 2.88. The summed E-state index contributed by atoms with van der Waals surface area (Å²) in [5.41, 5.74) is 2.59. The Balaban J connectivity index is 0. The average Bonchev–Trinajstić information content (AvgIpc) is 1.66. The number of ether oxygens (including phenoxy) is 1. The van der Waals surface area contributed by atoms with Crippen LogP contribution in [0.5, 0.6) is 0 Å². The fourth-order valence-electron chi connectivity index (χ4n) is 0.185. The van der Waals surface area contributed by atoms with Crippen molar-refractivity contribution < 1.29 is 9.53 Å².